The van der Waals surface area contributed by atoms with Gasteiger partial charge in [0, 0.05) is 32.2 Å². The summed E-state index contributed by atoms with van der Waals surface area (Å²) in [4.78, 5) is 26.7. The normalized spacial score (nSPS) is 26.3. The minimum Gasteiger partial charge on any atom is -0.351 e. The van der Waals surface area contributed by atoms with Crippen LogP contribution in [0.25, 0.3) is 0 Å². The van der Waals surface area contributed by atoms with E-state index in [4.69, 9.17) is 0 Å². The van der Waals surface area contributed by atoms with Crippen molar-refractivity contribution in [3.8, 4) is 0 Å². The highest BCUT2D eigenvalue weighted by Crippen LogP contribution is 2.27. The standard InChI is InChI=1S/C11H14N4O3/c16-11(10-1-9(4-13-10)15(17)18)14-5-7-2-12-3-8(7)6-14/h1,4,7-8,12-13H,2-3,5-6H2. The zero-order valence-corrected chi connectivity index (χ0v) is 9.76. The number of nitrogens with zero attached hydrogens (tertiary/aromatic N) is 2. The lowest BCUT2D eigenvalue weighted by Crippen LogP contribution is -2.32. The van der Waals surface area contributed by atoms with Crippen LogP contribution in [0.2, 0.25) is 0 Å². The predicted octanol–water partition coefficient (Wildman–Crippen LogP) is 0.214. The summed E-state index contributed by atoms with van der Waals surface area (Å²) in [6, 6.07) is 1.30. The Balaban J connectivity index is 1.72. The number of H-pyrrole nitrogens is 1. The molecule has 2 aliphatic rings. The smallest absolute Gasteiger partial charge is 0.287 e. The fourth-order valence-corrected chi connectivity index (χ4v) is 2.80. The van der Waals surface area contributed by atoms with Gasteiger partial charge in [-0.3, -0.25) is 14.9 Å². The van der Waals surface area contributed by atoms with E-state index in [9.17, 15) is 14.9 Å². The number of carbonyl (C=O) groups excluding carboxylic acids is 1. The Morgan fingerprint density at radius 3 is 2.61 bits per heavy atom. The molecule has 0 spiro atoms. The molecule has 1 amide bonds. The molecule has 0 aromatic carbocycles. The lowest BCUT2D eigenvalue weighted by Gasteiger charge is -2.16. The van der Waals surface area contributed by atoms with Crippen molar-refractivity contribution in [3.05, 3.63) is 28.1 Å². The average molecular weight is 250 g/mol. The van der Waals surface area contributed by atoms with Gasteiger partial charge in [-0.2, -0.15) is 0 Å². The number of nitrogens with one attached hydrogen (secondary N) is 2. The Morgan fingerprint density at radius 1 is 1.39 bits per heavy atom. The number of hydrogen-bond donors (Lipinski definition) is 2. The molecule has 2 N–H and O–H groups in total. The summed E-state index contributed by atoms with van der Waals surface area (Å²) in [5, 5.41) is 13.9. The first-order chi connectivity index (χ1) is 8.65. The molecule has 2 fully saturated rings. The van der Waals surface area contributed by atoms with E-state index < -0.39 is 4.92 Å². The first kappa shape index (κ1) is 11.2. The molecule has 3 rings (SSSR count). The first-order valence-electron chi connectivity index (χ1n) is 5.98. The molecule has 2 unspecified atom stereocenters. The van der Waals surface area contributed by atoms with Crippen molar-refractivity contribution >= 4 is 11.6 Å². The van der Waals surface area contributed by atoms with E-state index in [0.29, 0.717) is 17.5 Å². The SMILES string of the molecule is O=C(c1cc([N+](=O)[O-])c[nH]1)N1CC2CNCC2C1. The van der Waals surface area contributed by atoms with Crippen LogP contribution >= 0.6 is 0 Å². The zero-order chi connectivity index (χ0) is 12.7. The monoisotopic (exact) mass is 250 g/mol. The predicted molar refractivity (Wildman–Crippen MR) is 63.2 cm³/mol. The van der Waals surface area contributed by atoms with E-state index in [1.54, 1.807) is 4.90 Å². The summed E-state index contributed by atoms with van der Waals surface area (Å²) in [7, 11) is 0. The van der Waals surface area contributed by atoms with Crippen LogP contribution in [0.5, 0.6) is 0 Å². The Hall–Kier alpha value is -1.89. The van der Waals surface area contributed by atoms with E-state index in [-0.39, 0.29) is 11.6 Å². The molecule has 96 valence electrons. The van der Waals surface area contributed by atoms with Crippen LogP contribution in [0, 0.1) is 22.0 Å². The molecule has 2 atom stereocenters. The fourth-order valence-electron chi connectivity index (χ4n) is 2.80. The van der Waals surface area contributed by atoms with E-state index in [2.05, 4.69) is 10.3 Å². The second kappa shape index (κ2) is 4.09. The van der Waals surface area contributed by atoms with Crippen LogP contribution in [-0.2, 0) is 0 Å². The molecule has 0 radical (unpaired) electrons. The fraction of sp³-hybridized carbons (Fsp3) is 0.545. The molecule has 7 nitrogen and oxygen atoms in total. The maximum Gasteiger partial charge on any atom is 0.287 e. The summed E-state index contributed by atoms with van der Waals surface area (Å²) < 4.78 is 0. The van der Waals surface area contributed by atoms with Crippen LogP contribution in [0.4, 0.5) is 5.69 Å². The molecule has 0 bridgehead atoms. The van der Waals surface area contributed by atoms with Gasteiger partial charge >= 0.3 is 0 Å². The summed E-state index contributed by atoms with van der Waals surface area (Å²) in [5.74, 6) is 0.912. The lowest BCUT2D eigenvalue weighted by molar-refractivity contribution is -0.384. The minimum atomic E-state index is -0.504. The lowest BCUT2D eigenvalue weighted by atomic mass is 10.0. The summed E-state index contributed by atoms with van der Waals surface area (Å²) in [5.41, 5.74) is 0.231. The molecule has 2 aliphatic heterocycles. The summed E-state index contributed by atoms with van der Waals surface area (Å²) in [6.45, 7) is 3.39. The number of fused-ring (bicyclic) bond motifs is 1. The third-order valence-corrected chi connectivity index (χ3v) is 3.79. The van der Waals surface area contributed by atoms with Crippen LogP contribution in [-0.4, -0.2) is 46.9 Å². The van der Waals surface area contributed by atoms with Gasteiger partial charge in [-0.15, -0.1) is 0 Å². The highest BCUT2D eigenvalue weighted by Gasteiger charge is 2.38. The Morgan fingerprint density at radius 2 is 2.06 bits per heavy atom. The third-order valence-electron chi connectivity index (χ3n) is 3.79. The van der Waals surface area contributed by atoms with Crippen molar-refractivity contribution < 1.29 is 9.72 Å². The van der Waals surface area contributed by atoms with Gasteiger partial charge in [0.05, 0.1) is 11.1 Å². The Bertz CT molecular complexity index is 486. The second-order valence-electron chi connectivity index (χ2n) is 4.92. The van der Waals surface area contributed by atoms with Gasteiger partial charge in [-0.25, -0.2) is 0 Å². The van der Waals surface area contributed by atoms with Crippen LogP contribution in [0.3, 0.4) is 0 Å². The van der Waals surface area contributed by atoms with E-state index in [0.717, 1.165) is 26.2 Å². The molecule has 0 aliphatic carbocycles. The highest BCUT2D eigenvalue weighted by atomic mass is 16.6. The Kier molecular flexibility index (Phi) is 2.55. The van der Waals surface area contributed by atoms with Gasteiger partial charge in [0.15, 0.2) is 0 Å². The molecule has 18 heavy (non-hydrogen) atoms. The third kappa shape index (κ3) is 1.76. The Labute approximate surface area is 103 Å². The molecular weight excluding hydrogens is 236 g/mol. The van der Waals surface area contributed by atoms with E-state index in [1.807, 2.05) is 0 Å². The number of carbonyl (C=O) groups is 1. The van der Waals surface area contributed by atoms with Crippen molar-refractivity contribution in [1.82, 2.24) is 15.2 Å². The number of likely N-dealkylation sites (tertiary alicyclic amines) is 1. The van der Waals surface area contributed by atoms with E-state index in [1.165, 1.54) is 12.3 Å². The van der Waals surface area contributed by atoms with Crippen molar-refractivity contribution in [1.29, 1.82) is 0 Å². The summed E-state index contributed by atoms with van der Waals surface area (Å²) in [6.07, 6.45) is 1.26. The largest absolute Gasteiger partial charge is 0.351 e. The van der Waals surface area contributed by atoms with Gasteiger partial charge in [0.2, 0.25) is 0 Å². The van der Waals surface area contributed by atoms with Crippen LogP contribution < -0.4 is 5.32 Å². The van der Waals surface area contributed by atoms with Gasteiger partial charge in [-0.1, -0.05) is 0 Å². The molecule has 2 saturated heterocycles. The van der Waals surface area contributed by atoms with Crippen molar-refractivity contribution in [3.63, 3.8) is 0 Å². The first-order valence-corrected chi connectivity index (χ1v) is 5.98. The molecule has 1 aromatic heterocycles. The molecule has 3 heterocycles. The molecular formula is C11H14N4O3. The van der Waals surface area contributed by atoms with Gasteiger partial charge in [0.25, 0.3) is 11.6 Å². The number of aromatic nitrogens is 1. The molecule has 0 saturated carbocycles. The second-order valence-corrected chi connectivity index (χ2v) is 4.92. The van der Waals surface area contributed by atoms with Crippen LogP contribution in [0.1, 0.15) is 10.5 Å². The van der Waals surface area contributed by atoms with E-state index >= 15 is 0 Å². The topological polar surface area (TPSA) is 91.3 Å². The van der Waals surface area contributed by atoms with Crippen LogP contribution in [0.15, 0.2) is 12.3 Å². The molecule has 7 heteroatoms. The average Bonchev–Trinajstić information content (AvgIpc) is 3.02. The zero-order valence-electron chi connectivity index (χ0n) is 9.76. The van der Waals surface area contributed by atoms with Crippen molar-refractivity contribution in [2.45, 2.75) is 0 Å². The number of nitro groups is 1. The summed E-state index contributed by atoms with van der Waals surface area (Å²) >= 11 is 0. The minimum absolute atomic E-state index is 0.0700. The maximum atomic E-state index is 12.2. The van der Waals surface area contributed by atoms with Crippen molar-refractivity contribution in [2.24, 2.45) is 11.8 Å². The number of amides is 1. The van der Waals surface area contributed by atoms with Gasteiger partial charge in [0.1, 0.15) is 5.69 Å². The van der Waals surface area contributed by atoms with Gasteiger partial charge < -0.3 is 15.2 Å². The van der Waals surface area contributed by atoms with Gasteiger partial charge in [-0.05, 0) is 11.8 Å². The quantitative estimate of drug-likeness (QED) is 0.580. The maximum absolute atomic E-state index is 12.2. The number of hydrogen-bond acceptors (Lipinski definition) is 4. The number of rotatable bonds is 2. The highest BCUT2D eigenvalue weighted by molar-refractivity contribution is 5.93. The van der Waals surface area contributed by atoms with Crippen molar-refractivity contribution in [2.75, 3.05) is 26.2 Å². The number of aromatic amines is 1. The molecule has 1 aromatic rings.